The zero-order valence-corrected chi connectivity index (χ0v) is 18.4. The van der Waals surface area contributed by atoms with E-state index in [9.17, 15) is 8.42 Å². The second-order valence-electron chi connectivity index (χ2n) is 8.47. The second kappa shape index (κ2) is 7.86. The number of nitrogens with zero attached hydrogens (tertiary/aromatic N) is 6. The number of ether oxygens (including phenoxy) is 1. The molecule has 2 aromatic rings. The van der Waals surface area contributed by atoms with E-state index in [-0.39, 0.29) is 17.2 Å². The van der Waals surface area contributed by atoms with Crippen LogP contribution in [0, 0.1) is 0 Å². The maximum Gasteiger partial charge on any atom is 0.228 e. The molecule has 2 aromatic heterocycles. The third-order valence-electron chi connectivity index (χ3n) is 6.49. The van der Waals surface area contributed by atoms with Gasteiger partial charge in [0, 0.05) is 55.5 Å². The summed E-state index contributed by atoms with van der Waals surface area (Å²) < 4.78 is 29.6. The lowest BCUT2D eigenvalue weighted by molar-refractivity contribution is 0.122. The van der Waals surface area contributed by atoms with Gasteiger partial charge in [0.15, 0.2) is 0 Å². The van der Waals surface area contributed by atoms with Gasteiger partial charge >= 0.3 is 0 Å². The van der Waals surface area contributed by atoms with Crippen molar-refractivity contribution >= 4 is 27.6 Å². The molecular weight excluding hydrogens is 418 g/mol. The monoisotopic (exact) mass is 445 g/mol. The van der Waals surface area contributed by atoms with Crippen molar-refractivity contribution in [3.05, 3.63) is 18.0 Å². The SMILES string of the molecule is CS(=O)(=O)C1CCC(N2CCc3c(-c4cnc(N)nc4)nc(N4CCOCC4)nc32)C1. The van der Waals surface area contributed by atoms with Crippen molar-refractivity contribution < 1.29 is 13.2 Å². The number of sulfone groups is 1. The van der Waals surface area contributed by atoms with Crippen LogP contribution >= 0.6 is 0 Å². The molecule has 10 nitrogen and oxygen atoms in total. The summed E-state index contributed by atoms with van der Waals surface area (Å²) >= 11 is 0. The molecule has 0 bridgehead atoms. The molecule has 0 radical (unpaired) electrons. The largest absolute Gasteiger partial charge is 0.378 e. The smallest absolute Gasteiger partial charge is 0.228 e. The lowest BCUT2D eigenvalue weighted by Crippen LogP contribution is -2.38. The molecule has 11 heteroatoms. The first-order valence-corrected chi connectivity index (χ1v) is 12.6. The van der Waals surface area contributed by atoms with E-state index in [1.54, 1.807) is 12.4 Å². The van der Waals surface area contributed by atoms with E-state index in [1.165, 1.54) is 6.26 Å². The molecule has 1 saturated carbocycles. The Morgan fingerprint density at radius 3 is 2.52 bits per heavy atom. The van der Waals surface area contributed by atoms with E-state index in [0.717, 1.165) is 55.1 Å². The Kier molecular flexibility index (Phi) is 5.17. The van der Waals surface area contributed by atoms with Crippen LogP contribution in [0.4, 0.5) is 17.7 Å². The number of morpholine rings is 1. The molecule has 0 spiro atoms. The lowest BCUT2D eigenvalue weighted by atomic mass is 10.1. The van der Waals surface area contributed by atoms with Crippen molar-refractivity contribution in [2.75, 3.05) is 54.6 Å². The molecular formula is C20H27N7O3S. The van der Waals surface area contributed by atoms with Gasteiger partial charge in [-0.25, -0.2) is 23.4 Å². The Hall–Kier alpha value is -2.53. The van der Waals surface area contributed by atoms with Gasteiger partial charge in [-0.3, -0.25) is 0 Å². The van der Waals surface area contributed by atoms with Gasteiger partial charge in [0.1, 0.15) is 15.7 Å². The molecule has 0 amide bonds. The van der Waals surface area contributed by atoms with Gasteiger partial charge in [-0.2, -0.15) is 4.98 Å². The Morgan fingerprint density at radius 2 is 1.84 bits per heavy atom. The van der Waals surface area contributed by atoms with Crippen LogP contribution in [0.5, 0.6) is 0 Å². The van der Waals surface area contributed by atoms with Crippen LogP contribution < -0.4 is 15.5 Å². The molecule has 2 unspecified atom stereocenters. The lowest BCUT2D eigenvalue weighted by Gasteiger charge is -2.30. The number of aromatic nitrogens is 4. The number of hydrogen-bond donors (Lipinski definition) is 1. The molecule has 2 N–H and O–H groups in total. The first-order valence-electron chi connectivity index (χ1n) is 10.7. The standard InChI is InChI=1S/C20H27N7O3S/c1-31(28,29)15-3-2-14(10-15)27-5-4-16-17(13-11-22-19(21)23-12-13)24-20(25-18(16)27)26-6-8-30-9-7-26/h11-12,14-15H,2-10H2,1H3,(H2,21,22,23). The molecule has 5 rings (SSSR count). The summed E-state index contributed by atoms with van der Waals surface area (Å²) in [7, 11) is -3.03. The fraction of sp³-hybridized carbons (Fsp3) is 0.600. The topological polar surface area (TPSA) is 127 Å². The Bertz CT molecular complexity index is 1070. The van der Waals surface area contributed by atoms with Crippen molar-refractivity contribution in [2.45, 2.75) is 37.0 Å². The van der Waals surface area contributed by atoms with Crippen molar-refractivity contribution in [3.8, 4) is 11.3 Å². The van der Waals surface area contributed by atoms with Crippen LogP contribution in [-0.2, 0) is 21.0 Å². The van der Waals surface area contributed by atoms with Crippen molar-refractivity contribution in [2.24, 2.45) is 0 Å². The predicted octanol–water partition coefficient (Wildman–Crippen LogP) is 0.681. The van der Waals surface area contributed by atoms with Crippen LogP contribution in [0.2, 0.25) is 0 Å². The maximum absolute atomic E-state index is 12.1. The van der Waals surface area contributed by atoms with Gasteiger partial charge in [-0.15, -0.1) is 0 Å². The summed E-state index contributed by atoms with van der Waals surface area (Å²) in [4.78, 5) is 22.6. The quantitative estimate of drug-likeness (QED) is 0.717. The van der Waals surface area contributed by atoms with E-state index < -0.39 is 9.84 Å². The van der Waals surface area contributed by atoms with Crippen molar-refractivity contribution in [1.29, 1.82) is 0 Å². The highest BCUT2D eigenvalue weighted by molar-refractivity contribution is 7.91. The fourth-order valence-corrected chi connectivity index (χ4v) is 5.95. The molecule has 1 saturated heterocycles. The minimum atomic E-state index is -3.03. The summed E-state index contributed by atoms with van der Waals surface area (Å²) in [6.45, 7) is 3.55. The number of anilines is 3. The molecule has 4 heterocycles. The highest BCUT2D eigenvalue weighted by Crippen LogP contribution is 2.40. The highest BCUT2D eigenvalue weighted by Gasteiger charge is 2.39. The first-order chi connectivity index (χ1) is 14.9. The number of rotatable bonds is 4. The van der Waals surface area contributed by atoms with E-state index in [2.05, 4.69) is 19.8 Å². The average Bonchev–Trinajstić information content (AvgIpc) is 3.41. The van der Waals surface area contributed by atoms with Gasteiger partial charge in [-0.1, -0.05) is 0 Å². The van der Waals surface area contributed by atoms with Crippen LogP contribution in [0.1, 0.15) is 24.8 Å². The molecule has 2 atom stereocenters. The van der Waals surface area contributed by atoms with Crippen LogP contribution in [0.15, 0.2) is 12.4 Å². The Labute approximate surface area is 181 Å². The van der Waals surface area contributed by atoms with Crippen LogP contribution in [0.25, 0.3) is 11.3 Å². The summed E-state index contributed by atoms with van der Waals surface area (Å²) in [5.41, 5.74) is 8.38. The van der Waals surface area contributed by atoms with E-state index in [4.69, 9.17) is 20.4 Å². The van der Waals surface area contributed by atoms with Gasteiger partial charge in [0.05, 0.1) is 24.2 Å². The normalized spacial score (nSPS) is 23.9. The molecule has 2 aliphatic heterocycles. The molecule has 31 heavy (non-hydrogen) atoms. The van der Waals surface area contributed by atoms with Gasteiger partial charge in [0.2, 0.25) is 11.9 Å². The van der Waals surface area contributed by atoms with E-state index >= 15 is 0 Å². The van der Waals surface area contributed by atoms with Gasteiger partial charge < -0.3 is 20.3 Å². The zero-order chi connectivity index (χ0) is 21.6. The maximum atomic E-state index is 12.1. The summed E-state index contributed by atoms with van der Waals surface area (Å²) in [5, 5.41) is -0.271. The molecule has 2 fully saturated rings. The third-order valence-corrected chi connectivity index (χ3v) is 8.13. The van der Waals surface area contributed by atoms with Crippen molar-refractivity contribution in [3.63, 3.8) is 0 Å². The minimum absolute atomic E-state index is 0.170. The molecule has 1 aliphatic carbocycles. The van der Waals surface area contributed by atoms with E-state index in [1.807, 2.05) is 0 Å². The zero-order valence-electron chi connectivity index (χ0n) is 17.6. The van der Waals surface area contributed by atoms with Crippen molar-refractivity contribution in [1.82, 2.24) is 19.9 Å². The predicted molar refractivity (Wildman–Crippen MR) is 118 cm³/mol. The highest BCUT2D eigenvalue weighted by atomic mass is 32.2. The average molecular weight is 446 g/mol. The number of fused-ring (bicyclic) bond motifs is 1. The summed E-state index contributed by atoms with van der Waals surface area (Å²) in [6, 6.07) is 0.170. The molecule has 0 aromatic carbocycles. The summed E-state index contributed by atoms with van der Waals surface area (Å²) in [5.74, 6) is 1.79. The third kappa shape index (κ3) is 3.91. The second-order valence-corrected chi connectivity index (χ2v) is 10.8. The fourth-order valence-electron chi connectivity index (χ4n) is 4.82. The van der Waals surface area contributed by atoms with Gasteiger partial charge in [-0.05, 0) is 25.7 Å². The summed E-state index contributed by atoms with van der Waals surface area (Å²) in [6.07, 6.45) is 7.76. The van der Waals surface area contributed by atoms with Crippen LogP contribution in [0.3, 0.4) is 0 Å². The number of nitrogens with two attached hydrogens (primary N) is 1. The molecule has 166 valence electrons. The van der Waals surface area contributed by atoms with Gasteiger partial charge in [0.25, 0.3) is 0 Å². The van der Waals surface area contributed by atoms with E-state index in [0.29, 0.717) is 32.0 Å². The molecule has 3 aliphatic rings. The number of hydrogen-bond acceptors (Lipinski definition) is 10. The Balaban J connectivity index is 1.54. The minimum Gasteiger partial charge on any atom is -0.378 e. The Morgan fingerprint density at radius 1 is 1.10 bits per heavy atom. The van der Waals surface area contributed by atoms with Crippen LogP contribution in [-0.4, -0.2) is 78.7 Å². The first kappa shape index (κ1) is 20.4. The number of nitrogen functional groups attached to an aromatic ring is 1.